The van der Waals surface area contributed by atoms with Crippen molar-refractivity contribution in [2.75, 3.05) is 50.7 Å². The molecule has 0 aliphatic carbocycles. The molecule has 1 aromatic rings. The average Bonchev–Trinajstić information content (AvgIpc) is 2.63. The third kappa shape index (κ3) is 5.09. The highest BCUT2D eigenvalue weighted by molar-refractivity contribution is 5.74. The first-order chi connectivity index (χ1) is 12.1. The largest absolute Gasteiger partial charge is 0.391 e. The van der Waals surface area contributed by atoms with E-state index in [0.29, 0.717) is 6.54 Å². The molecule has 1 aromatic carbocycles. The minimum Gasteiger partial charge on any atom is -0.391 e. The summed E-state index contributed by atoms with van der Waals surface area (Å²) in [6.07, 6.45) is 1.30. The average molecular weight is 346 g/mol. The Morgan fingerprint density at radius 2 is 1.92 bits per heavy atom. The highest BCUT2D eigenvalue weighted by atomic mass is 16.3. The van der Waals surface area contributed by atoms with Gasteiger partial charge in [-0.3, -0.25) is 4.90 Å². The van der Waals surface area contributed by atoms with E-state index in [9.17, 15) is 9.90 Å². The number of carbonyl (C=O) groups is 1. The molecule has 2 amide bonds. The first kappa shape index (κ1) is 18.0. The zero-order chi connectivity index (χ0) is 17.6. The lowest BCUT2D eigenvalue weighted by Gasteiger charge is -2.37. The predicted molar refractivity (Wildman–Crippen MR) is 99.9 cm³/mol. The fourth-order valence-electron chi connectivity index (χ4n) is 3.70. The molecule has 0 aromatic heterocycles. The van der Waals surface area contributed by atoms with Crippen molar-refractivity contribution in [2.24, 2.45) is 0 Å². The van der Waals surface area contributed by atoms with Crippen LogP contribution in [0.1, 0.15) is 19.8 Å². The molecule has 2 unspecified atom stereocenters. The summed E-state index contributed by atoms with van der Waals surface area (Å²) in [6, 6.07) is 10.6. The standard InChI is InChI=1S/C19H30N4O2/c1-16(20-19(25)23-9-5-8-18(24)15-23)14-21-10-12-22(13-11-21)17-6-3-2-4-7-17/h2-4,6-7,16,18,24H,5,8-15H2,1H3,(H,20,25). The number of carbonyl (C=O) groups excluding carboxylic acids is 1. The minimum absolute atomic E-state index is 0.0471. The molecule has 2 heterocycles. The molecule has 6 heteroatoms. The quantitative estimate of drug-likeness (QED) is 0.864. The normalized spacial score (nSPS) is 23.4. The van der Waals surface area contributed by atoms with Crippen LogP contribution in [0.3, 0.4) is 0 Å². The number of nitrogens with one attached hydrogen (secondary N) is 1. The van der Waals surface area contributed by atoms with E-state index in [4.69, 9.17) is 0 Å². The van der Waals surface area contributed by atoms with Crippen LogP contribution in [0.15, 0.2) is 30.3 Å². The molecule has 0 saturated carbocycles. The monoisotopic (exact) mass is 346 g/mol. The first-order valence-electron chi connectivity index (χ1n) is 9.37. The molecule has 2 aliphatic rings. The molecule has 25 heavy (non-hydrogen) atoms. The van der Waals surface area contributed by atoms with E-state index < -0.39 is 0 Å². The summed E-state index contributed by atoms with van der Waals surface area (Å²) < 4.78 is 0. The number of piperazine rings is 1. The number of likely N-dealkylation sites (tertiary alicyclic amines) is 1. The van der Waals surface area contributed by atoms with Crippen molar-refractivity contribution in [3.8, 4) is 0 Å². The van der Waals surface area contributed by atoms with Crippen LogP contribution in [0, 0.1) is 0 Å². The number of rotatable bonds is 4. The number of piperidine rings is 1. The van der Waals surface area contributed by atoms with Gasteiger partial charge >= 0.3 is 6.03 Å². The van der Waals surface area contributed by atoms with Crippen molar-refractivity contribution in [3.63, 3.8) is 0 Å². The van der Waals surface area contributed by atoms with Gasteiger partial charge in [-0.05, 0) is 31.9 Å². The second-order valence-corrected chi connectivity index (χ2v) is 7.22. The Hall–Kier alpha value is -1.79. The zero-order valence-electron chi connectivity index (χ0n) is 15.1. The van der Waals surface area contributed by atoms with Crippen LogP contribution in [0.4, 0.5) is 10.5 Å². The summed E-state index contributed by atoms with van der Waals surface area (Å²) in [5.41, 5.74) is 1.28. The van der Waals surface area contributed by atoms with E-state index in [1.165, 1.54) is 5.69 Å². The van der Waals surface area contributed by atoms with Crippen LogP contribution < -0.4 is 10.2 Å². The topological polar surface area (TPSA) is 59.0 Å². The number of para-hydroxylation sites is 1. The van der Waals surface area contributed by atoms with Crippen molar-refractivity contribution >= 4 is 11.7 Å². The second kappa shape index (κ2) is 8.54. The van der Waals surface area contributed by atoms with Crippen molar-refractivity contribution in [3.05, 3.63) is 30.3 Å². The number of aliphatic hydroxyl groups excluding tert-OH is 1. The number of hydrogen-bond donors (Lipinski definition) is 2. The van der Waals surface area contributed by atoms with E-state index >= 15 is 0 Å². The van der Waals surface area contributed by atoms with Gasteiger partial charge in [0.25, 0.3) is 0 Å². The third-order valence-corrected chi connectivity index (χ3v) is 5.08. The Morgan fingerprint density at radius 1 is 1.20 bits per heavy atom. The molecule has 2 N–H and O–H groups in total. The Labute approximate surface area is 150 Å². The summed E-state index contributed by atoms with van der Waals surface area (Å²) in [7, 11) is 0. The maximum atomic E-state index is 12.3. The van der Waals surface area contributed by atoms with Gasteiger partial charge in [-0.25, -0.2) is 4.79 Å². The van der Waals surface area contributed by atoms with Gasteiger partial charge in [-0.2, -0.15) is 0 Å². The highest BCUT2D eigenvalue weighted by Crippen LogP contribution is 2.15. The fourth-order valence-corrected chi connectivity index (χ4v) is 3.70. The SMILES string of the molecule is CC(CN1CCN(c2ccccc2)CC1)NC(=O)N1CCCC(O)C1. The highest BCUT2D eigenvalue weighted by Gasteiger charge is 2.24. The number of benzene rings is 1. The molecule has 138 valence electrons. The van der Waals surface area contributed by atoms with E-state index in [2.05, 4.69) is 46.3 Å². The molecule has 0 radical (unpaired) electrons. The molecule has 6 nitrogen and oxygen atoms in total. The lowest BCUT2D eigenvalue weighted by atomic mass is 10.1. The van der Waals surface area contributed by atoms with Crippen LogP contribution in [0.25, 0.3) is 0 Å². The zero-order valence-corrected chi connectivity index (χ0v) is 15.1. The van der Waals surface area contributed by atoms with Gasteiger partial charge in [0, 0.05) is 57.5 Å². The number of β-amino-alcohol motifs (C(OH)–C–C–N with tert-alkyl or cyclic N) is 1. The second-order valence-electron chi connectivity index (χ2n) is 7.22. The van der Waals surface area contributed by atoms with Gasteiger partial charge in [0.1, 0.15) is 0 Å². The van der Waals surface area contributed by atoms with Crippen molar-refractivity contribution in [1.29, 1.82) is 0 Å². The van der Waals surface area contributed by atoms with Crippen molar-refractivity contribution in [1.82, 2.24) is 15.1 Å². The summed E-state index contributed by atoms with van der Waals surface area (Å²) >= 11 is 0. The van der Waals surface area contributed by atoms with Gasteiger partial charge in [0.05, 0.1) is 6.10 Å². The third-order valence-electron chi connectivity index (χ3n) is 5.08. The Balaban J connectivity index is 1.40. The van der Waals surface area contributed by atoms with Crippen molar-refractivity contribution in [2.45, 2.75) is 31.9 Å². The predicted octanol–water partition coefficient (Wildman–Crippen LogP) is 1.36. The van der Waals surface area contributed by atoms with E-state index in [1.807, 2.05) is 6.07 Å². The van der Waals surface area contributed by atoms with E-state index in [-0.39, 0.29) is 18.2 Å². The number of anilines is 1. The van der Waals surface area contributed by atoms with Gasteiger partial charge in [0.15, 0.2) is 0 Å². The molecule has 2 saturated heterocycles. The lowest BCUT2D eigenvalue weighted by molar-refractivity contribution is 0.0828. The number of amides is 2. The minimum atomic E-state index is -0.374. The van der Waals surface area contributed by atoms with E-state index in [1.54, 1.807) is 4.90 Å². The van der Waals surface area contributed by atoms with Crippen LogP contribution in [-0.4, -0.2) is 78.9 Å². The molecule has 0 spiro atoms. The van der Waals surface area contributed by atoms with Gasteiger partial charge < -0.3 is 20.2 Å². The fraction of sp³-hybridized carbons (Fsp3) is 0.632. The summed E-state index contributed by atoms with van der Waals surface area (Å²) in [5, 5.41) is 12.8. The molecule has 2 atom stereocenters. The summed E-state index contributed by atoms with van der Waals surface area (Å²) in [6.45, 7) is 8.17. The molecule has 2 aliphatic heterocycles. The van der Waals surface area contributed by atoms with Gasteiger partial charge in [-0.15, -0.1) is 0 Å². The molecule has 3 rings (SSSR count). The number of nitrogens with zero attached hydrogens (tertiary/aromatic N) is 3. The lowest BCUT2D eigenvalue weighted by Crippen LogP contribution is -2.54. The number of hydrogen-bond acceptors (Lipinski definition) is 4. The molecular formula is C19H30N4O2. The summed E-state index contributed by atoms with van der Waals surface area (Å²) in [5.74, 6) is 0. The first-order valence-corrected chi connectivity index (χ1v) is 9.37. The van der Waals surface area contributed by atoms with Gasteiger partial charge in [0.2, 0.25) is 0 Å². The van der Waals surface area contributed by atoms with Crippen LogP contribution in [0.2, 0.25) is 0 Å². The molecule has 0 bridgehead atoms. The number of aliphatic hydroxyl groups is 1. The van der Waals surface area contributed by atoms with Crippen molar-refractivity contribution < 1.29 is 9.90 Å². The maximum absolute atomic E-state index is 12.3. The molecule has 2 fully saturated rings. The van der Waals surface area contributed by atoms with Crippen LogP contribution >= 0.6 is 0 Å². The Kier molecular flexibility index (Phi) is 6.15. The number of urea groups is 1. The van der Waals surface area contributed by atoms with Crippen LogP contribution in [0.5, 0.6) is 0 Å². The summed E-state index contributed by atoms with van der Waals surface area (Å²) in [4.78, 5) is 18.9. The smallest absolute Gasteiger partial charge is 0.317 e. The Morgan fingerprint density at radius 3 is 2.60 bits per heavy atom. The molecular weight excluding hydrogens is 316 g/mol. The van der Waals surface area contributed by atoms with E-state index in [0.717, 1.165) is 52.1 Å². The van der Waals surface area contributed by atoms with Crippen LogP contribution in [-0.2, 0) is 0 Å². The Bertz CT molecular complexity index is 546. The van der Waals surface area contributed by atoms with Gasteiger partial charge in [-0.1, -0.05) is 18.2 Å². The maximum Gasteiger partial charge on any atom is 0.317 e.